The van der Waals surface area contributed by atoms with Crippen LogP contribution < -0.4 is 0 Å². The highest BCUT2D eigenvalue weighted by atomic mass is 32.2. The highest BCUT2D eigenvalue weighted by Gasteiger charge is 2.11. The molecule has 1 aromatic carbocycles. The summed E-state index contributed by atoms with van der Waals surface area (Å²) in [5.74, 6) is 0.140. The zero-order valence-electron chi connectivity index (χ0n) is 8.46. The van der Waals surface area contributed by atoms with E-state index in [1.54, 1.807) is 48.6 Å². The Hall–Kier alpha value is -1.35. The predicted octanol–water partition coefficient (Wildman–Crippen LogP) is 2.59. The van der Waals surface area contributed by atoms with Gasteiger partial charge in [-0.05, 0) is 18.6 Å². The molecular weight excluding hydrogens is 208 g/mol. The van der Waals surface area contributed by atoms with Gasteiger partial charge in [0.2, 0.25) is 0 Å². The van der Waals surface area contributed by atoms with Crippen molar-refractivity contribution in [2.24, 2.45) is 0 Å². The highest BCUT2D eigenvalue weighted by molar-refractivity contribution is 7.91. The Balaban J connectivity index is 2.69. The van der Waals surface area contributed by atoms with Crippen LogP contribution in [0.3, 0.4) is 0 Å². The van der Waals surface area contributed by atoms with Gasteiger partial charge in [-0.15, -0.1) is 0 Å². The SMILES string of the molecule is C=CC=CCCS(=O)(=O)c1ccccc1. The lowest BCUT2D eigenvalue weighted by atomic mass is 10.4. The lowest BCUT2D eigenvalue weighted by Crippen LogP contribution is -2.05. The van der Waals surface area contributed by atoms with Crippen LogP contribution in [0.1, 0.15) is 6.42 Å². The Morgan fingerprint density at radius 3 is 2.47 bits per heavy atom. The number of sulfone groups is 1. The van der Waals surface area contributed by atoms with Gasteiger partial charge in [-0.2, -0.15) is 0 Å². The highest BCUT2D eigenvalue weighted by Crippen LogP contribution is 2.11. The van der Waals surface area contributed by atoms with E-state index in [-0.39, 0.29) is 5.75 Å². The van der Waals surface area contributed by atoms with Crippen LogP contribution in [-0.2, 0) is 9.84 Å². The minimum absolute atomic E-state index is 0.140. The summed E-state index contributed by atoms with van der Waals surface area (Å²) in [5.41, 5.74) is 0. The van der Waals surface area contributed by atoms with Gasteiger partial charge in [0, 0.05) is 0 Å². The van der Waals surface area contributed by atoms with E-state index in [0.717, 1.165) is 0 Å². The van der Waals surface area contributed by atoms with Crippen molar-refractivity contribution in [1.29, 1.82) is 0 Å². The number of benzene rings is 1. The van der Waals surface area contributed by atoms with E-state index in [9.17, 15) is 8.42 Å². The second kappa shape index (κ2) is 5.51. The number of hydrogen-bond acceptors (Lipinski definition) is 2. The lowest BCUT2D eigenvalue weighted by molar-refractivity contribution is 0.596. The minimum Gasteiger partial charge on any atom is -0.224 e. The van der Waals surface area contributed by atoms with Gasteiger partial charge in [-0.1, -0.05) is 43.0 Å². The molecule has 0 saturated carbocycles. The minimum atomic E-state index is -3.13. The van der Waals surface area contributed by atoms with Crippen LogP contribution >= 0.6 is 0 Å². The van der Waals surface area contributed by atoms with Crippen LogP contribution in [0.15, 0.2) is 60.0 Å². The zero-order valence-corrected chi connectivity index (χ0v) is 9.28. The van der Waals surface area contributed by atoms with Gasteiger partial charge in [-0.3, -0.25) is 0 Å². The van der Waals surface area contributed by atoms with Crippen LogP contribution in [-0.4, -0.2) is 14.2 Å². The standard InChI is InChI=1S/C12H14O2S/c1-2-3-4-8-11-15(13,14)12-9-6-5-7-10-12/h2-7,9-10H,1,8,11H2. The molecule has 0 fully saturated rings. The molecule has 0 unspecified atom stereocenters. The van der Waals surface area contributed by atoms with Gasteiger partial charge in [0.05, 0.1) is 10.6 Å². The molecule has 0 aromatic heterocycles. The monoisotopic (exact) mass is 222 g/mol. The fourth-order valence-electron chi connectivity index (χ4n) is 1.16. The van der Waals surface area contributed by atoms with Gasteiger partial charge in [0.1, 0.15) is 0 Å². The maximum atomic E-state index is 11.7. The van der Waals surface area contributed by atoms with Crippen LogP contribution in [0.5, 0.6) is 0 Å². The molecule has 0 heterocycles. The third-order valence-corrected chi connectivity index (χ3v) is 3.69. The van der Waals surface area contributed by atoms with Crippen LogP contribution in [0.4, 0.5) is 0 Å². The Morgan fingerprint density at radius 2 is 1.87 bits per heavy atom. The first-order valence-corrected chi connectivity index (χ1v) is 6.37. The molecule has 0 bridgehead atoms. The van der Waals surface area contributed by atoms with E-state index in [0.29, 0.717) is 11.3 Å². The zero-order chi connectivity index (χ0) is 11.1. The molecule has 0 atom stereocenters. The van der Waals surface area contributed by atoms with E-state index in [4.69, 9.17) is 0 Å². The summed E-state index contributed by atoms with van der Waals surface area (Å²) in [6, 6.07) is 8.49. The second-order valence-corrected chi connectivity index (χ2v) is 5.19. The number of rotatable bonds is 5. The summed E-state index contributed by atoms with van der Waals surface area (Å²) in [7, 11) is -3.13. The first kappa shape index (κ1) is 11.7. The van der Waals surface area contributed by atoms with Gasteiger partial charge >= 0.3 is 0 Å². The van der Waals surface area contributed by atoms with Crippen molar-refractivity contribution in [1.82, 2.24) is 0 Å². The number of allylic oxidation sites excluding steroid dienone is 3. The normalized spacial score (nSPS) is 11.7. The van der Waals surface area contributed by atoms with Crippen molar-refractivity contribution in [3.8, 4) is 0 Å². The molecule has 1 aromatic rings. The van der Waals surface area contributed by atoms with E-state index in [1.165, 1.54) is 0 Å². The maximum Gasteiger partial charge on any atom is 0.178 e. The summed E-state index contributed by atoms with van der Waals surface area (Å²) >= 11 is 0. The molecule has 0 radical (unpaired) electrons. The Kier molecular flexibility index (Phi) is 4.31. The van der Waals surface area contributed by atoms with Crippen molar-refractivity contribution in [3.63, 3.8) is 0 Å². The summed E-state index contributed by atoms with van der Waals surface area (Å²) in [6.07, 6.45) is 5.70. The molecule has 0 N–H and O–H groups in total. The van der Waals surface area contributed by atoms with Crippen LogP contribution in [0, 0.1) is 0 Å². The van der Waals surface area contributed by atoms with Gasteiger partial charge in [-0.25, -0.2) is 8.42 Å². The van der Waals surface area contributed by atoms with E-state index in [1.807, 2.05) is 0 Å². The molecule has 0 aliphatic carbocycles. The maximum absolute atomic E-state index is 11.7. The third kappa shape index (κ3) is 3.72. The van der Waals surface area contributed by atoms with Crippen LogP contribution in [0.2, 0.25) is 0 Å². The average Bonchev–Trinajstić information content (AvgIpc) is 2.26. The fraction of sp³-hybridized carbons (Fsp3) is 0.167. The molecule has 0 spiro atoms. The Bertz CT molecular complexity index is 430. The topological polar surface area (TPSA) is 34.1 Å². The summed E-state index contributed by atoms with van der Waals surface area (Å²) in [5, 5.41) is 0. The molecular formula is C12H14O2S. The summed E-state index contributed by atoms with van der Waals surface area (Å²) in [6.45, 7) is 3.52. The largest absolute Gasteiger partial charge is 0.224 e. The molecule has 2 nitrogen and oxygen atoms in total. The van der Waals surface area contributed by atoms with Crippen LogP contribution in [0.25, 0.3) is 0 Å². The Labute approximate surface area is 90.9 Å². The molecule has 0 amide bonds. The molecule has 3 heteroatoms. The first-order chi connectivity index (χ1) is 7.17. The number of hydrogen-bond donors (Lipinski definition) is 0. The molecule has 80 valence electrons. The predicted molar refractivity (Wildman–Crippen MR) is 62.4 cm³/mol. The van der Waals surface area contributed by atoms with E-state index >= 15 is 0 Å². The summed E-state index contributed by atoms with van der Waals surface area (Å²) in [4.78, 5) is 0.386. The molecule has 0 saturated heterocycles. The average molecular weight is 222 g/mol. The Morgan fingerprint density at radius 1 is 1.20 bits per heavy atom. The van der Waals surface area contributed by atoms with Crippen molar-refractivity contribution >= 4 is 9.84 Å². The second-order valence-electron chi connectivity index (χ2n) is 3.08. The molecule has 0 aliphatic heterocycles. The van der Waals surface area contributed by atoms with E-state index in [2.05, 4.69) is 6.58 Å². The van der Waals surface area contributed by atoms with Crippen molar-refractivity contribution in [3.05, 3.63) is 55.1 Å². The summed E-state index contributed by atoms with van der Waals surface area (Å²) < 4.78 is 23.5. The van der Waals surface area contributed by atoms with Crippen molar-refractivity contribution < 1.29 is 8.42 Å². The van der Waals surface area contributed by atoms with Gasteiger partial charge in [0.25, 0.3) is 0 Å². The smallest absolute Gasteiger partial charge is 0.178 e. The fourth-order valence-corrected chi connectivity index (χ4v) is 2.42. The molecule has 0 aliphatic rings. The van der Waals surface area contributed by atoms with Crippen molar-refractivity contribution in [2.45, 2.75) is 11.3 Å². The van der Waals surface area contributed by atoms with Gasteiger partial charge < -0.3 is 0 Å². The quantitative estimate of drug-likeness (QED) is 0.718. The van der Waals surface area contributed by atoms with Crippen molar-refractivity contribution in [2.75, 3.05) is 5.75 Å². The first-order valence-electron chi connectivity index (χ1n) is 4.72. The lowest BCUT2D eigenvalue weighted by Gasteiger charge is -2.01. The van der Waals surface area contributed by atoms with E-state index < -0.39 is 9.84 Å². The van der Waals surface area contributed by atoms with Gasteiger partial charge in [0.15, 0.2) is 9.84 Å². The molecule has 1 rings (SSSR count). The molecule has 15 heavy (non-hydrogen) atoms. The third-order valence-electron chi connectivity index (χ3n) is 1.93.